The van der Waals surface area contributed by atoms with Crippen LogP contribution in [0.25, 0.3) is 10.9 Å². The van der Waals surface area contributed by atoms with Crippen molar-refractivity contribution in [2.24, 2.45) is 5.73 Å². The molecule has 1 amide bonds. The van der Waals surface area contributed by atoms with E-state index in [0.717, 1.165) is 5.39 Å². The lowest BCUT2D eigenvalue weighted by atomic mass is 10.1. The number of nitrogens with zero attached hydrogens (tertiary/aromatic N) is 1. The summed E-state index contributed by atoms with van der Waals surface area (Å²) < 4.78 is 1.37. The average Bonchev–Trinajstić information content (AvgIpc) is 2.33. The van der Waals surface area contributed by atoms with Gasteiger partial charge in [-0.2, -0.15) is 0 Å². The van der Waals surface area contributed by atoms with E-state index < -0.39 is 11.9 Å². The molecule has 1 heterocycles. The zero-order chi connectivity index (χ0) is 13.3. The van der Waals surface area contributed by atoms with Crippen LogP contribution in [0.15, 0.2) is 35.1 Å². The predicted octanol–water partition coefficient (Wildman–Crippen LogP) is 2.09. The number of hydrogen-bond acceptors (Lipinski definition) is 2. The first kappa shape index (κ1) is 12.6. The standard InChI is InChI=1S/C13H13ClN2O2/c1-2-10(13(15)18)16-11(17)7-6-8-4-3-5-9(14)12(8)16/h3-7,10H,2H2,1H3,(H2,15,18). The Labute approximate surface area is 109 Å². The first-order valence-corrected chi connectivity index (χ1v) is 6.03. The number of pyridine rings is 1. The van der Waals surface area contributed by atoms with Gasteiger partial charge in [-0.3, -0.25) is 14.2 Å². The molecule has 1 aromatic carbocycles. The van der Waals surface area contributed by atoms with E-state index in [4.69, 9.17) is 17.3 Å². The second-order valence-electron chi connectivity index (χ2n) is 4.05. The van der Waals surface area contributed by atoms with E-state index in [0.29, 0.717) is 17.0 Å². The molecule has 18 heavy (non-hydrogen) atoms. The van der Waals surface area contributed by atoms with Crippen molar-refractivity contribution in [2.75, 3.05) is 0 Å². The molecule has 4 nitrogen and oxygen atoms in total. The highest BCUT2D eigenvalue weighted by Gasteiger charge is 2.19. The highest BCUT2D eigenvalue weighted by Crippen LogP contribution is 2.25. The molecule has 2 aromatic rings. The zero-order valence-electron chi connectivity index (χ0n) is 9.89. The molecule has 94 valence electrons. The van der Waals surface area contributed by atoms with Gasteiger partial charge in [0.1, 0.15) is 6.04 Å². The van der Waals surface area contributed by atoms with Crippen molar-refractivity contribution in [3.05, 3.63) is 45.7 Å². The summed E-state index contributed by atoms with van der Waals surface area (Å²) in [6.45, 7) is 1.80. The second-order valence-corrected chi connectivity index (χ2v) is 4.45. The molecule has 1 unspecified atom stereocenters. The maximum Gasteiger partial charge on any atom is 0.251 e. The number of primary amides is 1. The minimum Gasteiger partial charge on any atom is -0.368 e. The van der Waals surface area contributed by atoms with Crippen molar-refractivity contribution in [3.63, 3.8) is 0 Å². The Balaban J connectivity index is 2.87. The molecule has 0 saturated carbocycles. The molecule has 1 aromatic heterocycles. The van der Waals surface area contributed by atoms with E-state index in [1.54, 1.807) is 25.1 Å². The molecule has 2 rings (SSSR count). The summed E-state index contributed by atoms with van der Waals surface area (Å²) in [6, 6.07) is 7.75. The number of nitrogens with two attached hydrogens (primary N) is 1. The van der Waals surface area contributed by atoms with Crippen LogP contribution in [0.2, 0.25) is 5.02 Å². The van der Waals surface area contributed by atoms with Crippen molar-refractivity contribution < 1.29 is 4.79 Å². The van der Waals surface area contributed by atoms with E-state index in [-0.39, 0.29) is 5.56 Å². The van der Waals surface area contributed by atoms with Gasteiger partial charge in [-0.05, 0) is 23.9 Å². The normalized spacial score (nSPS) is 12.6. The maximum absolute atomic E-state index is 12.0. The SMILES string of the molecule is CCC(C(N)=O)n1c(=O)ccc2cccc(Cl)c21. The van der Waals surface area contributed by atoms with Gasteiger partial charge in [-0.25, -0.2) is 0 Å². The number of para-hydroxylation sites is 1. The van der Waals surface area contributed by atoms with Gasteiger partial charge in [0.2, 0.25) is 5.91 Å². The molecular formula is C13H13ClN2O2. The van der Waals surface area contributed by atoms with Gasteiger partial charge in [-0.15, -0.1) is 0 Å². The highest BCUT2D eigenvalue weighted by molar-refractivity contribution is 6.35. The second kappa shape index (κ2) is 4.82. The first-order chi connectivity index (χ1) is 8.56. The third-order valence-electron chi connectivity index (χ3n) is 2.93. The molecule has 0 radical (unpaired) electrons. The molecule has 0 fully saturated rings. The van der Waals surface area contributed by atoms with Crippen molar-refractivity contribution >= 4 is 28.4 Å². The number of hydrogen-bond donors (Lipinski definition) is 1. The maximum atomic E-state index is 12.0. The summed E-state index contributed by atoms with van der Waals surface area (Å²) in [4.78, 5) is 23.4. The smallest absolute Gasteiger partial charge is 0.251 e. The van der Waals surface area contributed by atoms with Crippen LogP contribution in [0.3, 0.4) is 0 Å². The number of rotatable bonds is 3. The first-order valence-electron chi connectivity index (χ1n) is 5.65. The van der Waals surface area contributed by atoms with Gasteiger partial charge < -0.3 is 5.73 Å². The van der Waals surface area contributed by atoms with Crippen molar-refractivity contribution in [1.29, 1.82) is 0 Å². The summed E-state index contributed by atoms with van der Waals surface area (Å²) in [6.07, 6.45) is 0.444. The van der Waals surface area contributed by atoms with E-state index >= 15 is 0 Å². The third kappa shape index (κ3) is 1.99. The summed E-state index contributed by atoms with van der Waals surface area (Å²) in [5, 5.41) is 1.24. The predicted molar refractivity (Wildman–Crippen MR) is 71.7 cm³/mol. The van der Waals surface area contributed by atoms with E-state index in [9.17, 15) is 9.59 Å². The van der Waals surface area contributed by atoms with E-state index in [1.807, 2.05) is 6.07 Å². The van der Waals surface area contributed by atoms with Gasteiger partial charge in [0.15, 0.2) is 0 Å². The van der Waals surface area contributed by atoms with Crippen molar-refractivity contribution in [2.45, 2.75) is 19.4 Å². The van der Waals surface area contributed by atoms with Crippen LogP contribution < -0.4 is 11.3 Å². The van der Waals surface area contributed by atoms with Crippen LogP contribution in [0.5, 0.6) is 0 Å². The number of carbonyl (C=O) groups is 1. The molecular weight excluding hydrogens is 252 g/mol. The lowest BCUT2D eigenvalue weighted by Gasteiger charge is -2.18. The van der Waals surface area contributed by atoms with E-state index in [2.05, 4.69) is 0 Å². The Kier molecular flexibility index (Phi) is 3.39. The number of benzene rings is 1. The molecule has 0 aliphatic carbocycles. The van der Waals surface area contributed by atoms with Crippen LogP contribution in [0.1, 0.15) is 19.4 Å². The Hall–Kier alpha value is -1.81. The van der Waals surface area contributed by atoms with Crippen LogP contribution >= 0.6 is 11.6 Å². The van der Waals surface area contributed by atoms with Gasteiger partial charge in [0.25, 0.3) is 5.56 Å². The zero-order valence-corrected chi connectivity index (χ0v) is 10.6. The number of fused-ring (bicyclic) bond motifs is 1. The fourth-order valence-electron chi connectivity index (χ4n) is 2.09. The Bertz CT molecular complexity index is 664. The third-order valence-corrected chi connectivity index (χ3v) is 3.23. The number of halogens is 1. The molecule has 0 spiro atoms. The molecule has 0 saturated heterocycles. The van der Waals surface area contributed by atoms with Gasteiger partial charge in [-0.1, -0.05) is 30.7 Å². The number of amides is 1. The van der Waals surface area contributed by atoms with Gasteiger partial charge in [0.05, 0.1) is 10.5 Å². The molecule has 0 aliphatic rings. The molecule has 0 bridgehead atoms. The molecule has 0 aliphatic heterocycles. The Morgan fingerprint density at radius 2 is 2.11 bits per heavy atom. The number of aromatic nitrogens is 1. The lowest BCUT2D eigenvalue weighted by Crippen LogP contribution is -2.33. The van der Waals surface area contributed by atoms with Crippen LogP contribution in [0, 0.1) is 0 Å². The van der Waals surface area contributed by atoms with Gasteiger partial charge in [0, 0.05) is 6.07 Å². The highest BCUT2D eigenvalue weighted by atomic mass is 35.5. The quantitative estimate of drug-likeness (QED) is 0.923. The summed E-state index contributed by atoms with van der Waals surface area (Å²) in [5.41, 5.74) is 5.62. The summed E-state index contributed by atoms with van der Waals surface area (Å²) >= 11 is 6.13. The van der Waals surface area contributed by atoms with Gasteiger partial charge >= 0.3 is 0 Å². The Morgan fingerprint density at radius 1 is 1.39 bits per heavy atom. The molecule has 1 atom stereocenters. The molecule has 5 heteroatoms. The van der Waals surface area contributed by atoms with Crippen LogP contribution in [-0.2, 0) is 4.79 Å². The average molecular weight is 265 g/mol. The van der Waals surface area contributed by atoms with E-state index in [1.165, 1.54) is 10.6 Å². The van der Waals surface area contributed by atoms with Crippen molar-refractivity contribution in [3.8, 4) is 0 Å². The fraction of sp³-hybridized carbons (Fsp3) is 0.231. The summed E-state index contributed by atoms with van der Waals surface area (Å²) in [7, 11) is 0. The Morgan fingerprint density at radius 3 is 2.72 bits per heavy atom. The monoisotopic (exact) mass is 264 g/mol. The minimum absolute atomic E-state index is 0.277. The minimum atomic E-state index is -0.680. The molecule has 2 N–H and O–H groups in total. The topological polar surface area (TPSA) is 65.1 Å². The lowest BCUT2D eigenvalue weighted by molar-refractivity contribution is -0.121. The number of carbonyl (C=O) groups excluding carboxylic acids is 1. The van der Waals surface area contributed by atoms with Crippen LogP contribution in [-0.4, -0.2) is 10.5 Å². The largest absolute Gasteiger partial charge is 0.368 e. The van der Waals surface area contributed by atoms with Crippen molar-refractivity contribution in [1.82, 2.24) is 4.57 Å². The fourth-order valence-corrected chi connectivity index (χ4v) is 2.37. The summed E-state index contributed by atoms with van der Waals surface area (Å²) in [5.74, 6) is -0.535. The van der Waals surface area contributed by atoms with Crippen LogP contribution in [0.4, 0.5) is 0 Å².